The molecule has 0 aliphatic heterocycles. The first-order valence-corrected chi connectivity index (χ1v) is 8.49. The van der Waals surface area contributed by atoms with Gasteiger partial charge in [0.15, 0.2) is 0 Å². The minimum Gasteiger partial charge on any atom is -0.419 e. The van der Waals surface area contributed by atoms with Crippen LogP contribution in [0.15, 0.2) is 65.2 Å². The van der Waals surface area contributed by atoms with Crippen LogP contribution < -0.4 is 5.32 Å². The molecule has 0 radical (unpaired) electrons. The second kappa shape index (κ2) is 7.23. The van der Waals surface area contributed by atoms with Gasteiger partial charge in [-0.3, -0.25) is 4.79 Å². The van der Waals surface area contributed by atoms with Crippen LogP contribution in [0.25, 0.3) is 22.4 Å². The zero-order valence-corrected chi connectivity index (χ0v) is 14.1. The van der Waals surface area contributed by atoms with Crippen molar-refractivity contribution in [2.45, 2.75) is 19.4 Å². The molecule has 2 heterocycles. The summed E-state index contributed by atoms with van der Waals surface area (Å²) in [5.74, 6) is 0.799. The molecule has 0 spiro atoms. The summed E-state index contributed by atoms with van der Waals surface area (Å²) in [7, 11) is 0. The van der Waals surface area contributed by atoms with Crippen molar-refractivity contribution >= 4 is 16.8 Å². The number of aromatic nitrogens is 3. The lowest BCUT2D eigenvalue weighted by molar-refractivity contribution is -0.121. The summed E-state index contributed by atoms with van der Waals surface area (Å²) in [6.45, 7) is 0.229. The van der Waals surface area contributed by atoms with E-state index in [-0.39, 0.29) is 12.5 Å². The number of amides is 1. The summed E-state index contributed by atoms with van der Waals surface area (Å²) in [5, 5.41) is 12.0. The maximum atomic E-state index is 12.1. The minimum absolute atomic E-state index is 0.0465. The van der Waals surface area contributed by atoms with Gasteiger partial charge in [-0.25, -0.2) is 0 Å². The highest BCUT2D eigenvalue weighted by atomic mass is 16.4. The van der Waals surface area contributed by atoms with Crippen LogP contribution in [-0.2, 0) is 17.8 Å². The first kappa shape index (κ1) is 16.1. The number of nitrogens with one attached hydrogen (secondary N) is 2. The van der Waals surface area contributed by atoms with E-state index in [2.05, 4.69) is 26.6 Å². The number of H-pyrrole nitrogens is 1. The van der Waals surface area contributed by atoms with E-state index in [4.69, 9.17) is 4.42 Å². The molecule has 6 nitrogen and oxygen atoms in total. The quantitative estimate of drug-likeness (QED) is 0.560. The van der Waals surface area contributed by atoms with Crippen molar-refractivity contribution in [3.05, 3.63) is 72.2 Å². The predicted molar refractivity (Wildman–Crippen MR) is 98.2 cm³/mol. The van der Waals surface area contributed by atoms with E-state index in [0.717, 1.165) is 22.0 Å². The largest absolute Gasteiger partial charge is 0.419 e. The van der Waals surface area contributed by atoms with Crippen molar-refractivity contribution in [1.29, 1.82) is 0 Å². The van der Waals surface area contributed by atoms with E-state index in [0.29, 0.717) is 24.6 Å². The molecule has 4 aromatic rings. The molecular formula is C20H18N4O2. The molecule has 0 atom stereocenters. The summed E-state index contributed by atoms with van der Waals surface area (Å²) in [5.41, 5.74) is 3.08. The highest BCUT2D eigenvalue weighted by Gasteiger charge is 2.10. The molecule has 0 saturated heterocycles. The van der Waals surface area contributed by atoms with Crippen molar-refractivity contribution in [1.82, 2.24) is 20.5 Å². The molecule has 6 heteroatoms. The number of aromatic amines is 1. The van der Waals surface area contributed by atoms with Gasteiger partial charge in [0, 0.05) is 29.1 Å². The Bertz CT molecular complexity index is 1020. The molecule has 2 aromatic heterocycles. The Balaban J connectivity index is 1.31. The Labute approximate surface area is 150 Å². The molecule has 26 heavy (non-hydrogen) atoms. The Kier molecular flexibility index (Phi) is 4.47. The van der Waals surface area contributed by atoms with Crippen molar-refractivity contribution in [3.63, 3.8) is 0 Å². The monoisotopic (exact) mass is 346 g/mol. The number of benzene rings is 2. The third-order valence-electron chi connectivity index (χ3n) is 4.22. The fraction of sp³-hybridized carbons (Fsp3) is 0.150. The number of fused-ring (bicyclic) bond motifs is 1. The smallest absolute Gasteiger partial charge is 0.247 e. The Hall–Kier alpha value is -3.41. The lowest BCUT2D eigenvalue weighted by Gasteiger charge is -2.02. The van der Waals surface area contributed by atoms with Gasteiger partial charge >= 0.3 is 0 Å². The van der Waals surface area contributed by atoms with Gasteiger partial charge in [0.25, 0.3) is 0 Å². The number of carbonyl (C=O) groups excluding carboxylic acids is 1. The molecular weight excluding hydrogens is 328 g/mol. The predicted octanol–water partition coefficient (Wildman–Crippen LogP) is 3.47. The van der Waals surface area contributed by atoms with Crippen LogP contribution in [0.1, 0.15) is 17.9 Å². The Morgan fingerprint density at radius 1 is 1.04 bits per heavy atom. The van der Waals surface area contributed by atoms with E-state index >= 15 is 0 Å². The summed E-state index contributed by atoms with van der Waals surface area (Å²) >= 11 is 0. The van der Waals surface area contributed by atoms with Crippen molar-refractivity contribution in [2.24, 2.45) is 0 Å². The van der Waals surface area contributed by atoms with Gasteiger partial charge < -0.3 is 14.7 Å². The molecule has 0 bridgehead atoms. The number of para-hydroxylation sites is 1. The highest BCUT2D eigenvalue weighted by molar-refractivity contribution is 5.84. The lowest BCUT2D eigenvalue weighted by Crippen LogP contribution is -2.23. The zero-order chi connectivity index (χ0) is 17.8. The number of nitrogens with zero attached hydrogens (tertiary/aromatic N) is 2. The fourth-order valence-electron chi connectivity index (χ4n) is 2.87. The minimum atomic E-state index is -0.0465. The van der Waals surface area contributed by atoms with Gasteiger partial charge in [0.05, 0.1) is 6.54 Å². The van der Waals surface area contributed by atoms with Crippen LogP contribution in [0.3, 0.4) is 0 Å². The average molecular weight is 346 g/mol. The molecule has 2 N–H and O–H groups in total. The summed E-state index contributed by atoms with van der Waals surface area (Å²) in [6, 6.07) is 17.6. The van der Waals surface area contributed by atoms with Crippen LogP contribution in [0.4, 0.5) is 0 Å². The third-order valence-corrected chi connectivity index (χ3v) is 4.22. The second-order valence-electron chi connectivity index (χ2n) is 6.00. The normalized spacial score (nSPS) is 10.9. The lowest BCUT2D eigenvalue weighted by atomic mass is 10.1. The van der Waals surface area contributed by atoms with Crippen molar-refractivity contribution in [3.8, 4) is 11.5 Å². The molecule has 0 saturated carbocycles. The third kappa shape index (κ3) is 3.49. The molecule has 0 aliphatic rings. The average Bonchev–Trinajstić information content (AvgIpc) is 3.33. The van der Waals surface area contributed by atoms with Gasteiger partial charge in [-0.05, 0) is 30.2 Å². The van der Waals surface area contributed by atoms with E-state index in [1.807, 2.05) is 54.7 Å². The maximum absolute atomic E-state index is 12.1. The zero-order valence-electron chi connectivity index (χ0n) is 14.1. The van der Waals surface area contributed by atoms with Crippen molar-refractivity contribution < 1.29 is 9.21 Å². The summed E-state index contributed by atoms with van der Waals surface area (Å²) in [4.78, 5) is 15.3. The van der Waals surface area contributed by atoms with Gasteiger partial charge in [-0.1, -0.05) is 36.4 Å². The Morgan fingerprint density at radius 2 is 1.85 bits per heavy atom. The molecule has 0 unspecified atom stereocenters. The topological polar surface area (TPSA) is 83.8 Å². The molecule has 0 fully saturated rings. The van der Waals surface area contributed by atoms with E-state index in [1.165, 1.54) is 0 Å². The Morgan fingerprint density at radius 3 is 2.73 bits per heavy atom. The summed E-state index contributed by atoms with van der Waals surface area (Å²) in [6.07, 6.45) is 3.04. The molecule has 2 aromatic carbocycles. The van der Waals surface area contributed by atoms with Gasteiger partial charge in [-0.2, -0.15) is 0 Å². The number of rotatable bonds is 6. The van der Waals surface area contributed by atoms with Gasteiger partial charge in [-0.15, -0.1) is 10.2 Å². The second-order valence-corrected chi connectivity index (χ2v) is 6.00. The van der Waals surface area contributed by atoms with Crippen LogP contribution in [-0.4, -0.2) is 21.1 Å². The van der Waals surface area contributed by atoms with Gasteiger partial charge in [0.1, 0.15) is 0 Å². The molecule has 4 rings (SSSR count). The molecule has 130 valence electrons. The van der Waals surface area contributed by atoms with Crippen LogP contribution in [0, 0.1) is 0 Å². The SMILES string of the molecule is O=C(CCc1c[nH]c2ccccc12)NCc1nnc(-c2ccccc2)o1. The summed E-state index contributed by atoms with van der Waals surface area (Å²) < 4.78 is 5.59. The molecule has 1 amide bonds. The number of aryl methyl sites for hydroxylation is 1. The first-order chi connectivity index (χ1) is 12.8. The van der Waals surface area contributed by atoms with Crippen LogP contribution in [0.2, 0.25) is 0 Å². The molecule has 0 aliphatic carbocycles. The van der Waals surface area contributed by atoms with E-state index in [9.17, 15) is 4.79 Å². The number of hydrogen-bond donors (Lipinski definition) is 2. The van der Waals surface area contributed by atoms with E-state index < -0.39 is 0 Å². The van der Waals surface area contributed by atoms with Crippen LogP contribution >= 0.6 is 0 Å². The van der Waals surface area contributed by atoms with Crippen LogP contribution in [0.5, 0.6) is 0 Å². The van der Waals surface area contributed by atoms with E-state index in [1.54, 1.807) is 0 Å². The highest BCUT2D eigenvalue weighted by Crippen LogP contribution is 2.19. The fourth-order valence-corrected chi connectivity index (χ4v) is 2.87. The van der Waals surface area contributed by atoms with Gasteiger partial charge in [0.2, 0.25) is 17.7 Å². The first-order valence-electron chi connectivity index (χ1n) is 8.49. The maximum Gasteiger partial charge on any atom is 0.247 e. The number of hydrogen-bond acceptors (Lipinski definition) is 4. The standard InChI is InChI=1S/C20H18N4O2/c25-18(11-10-15-12-21-17-9-5-4-8-16(15)17)22-13-19-23-24-20(26-19)14-6-2-1-3-7-14/h1-9,12,21H,10-11,13H2,(H,22,25). The van der Waals surface area contributed by atoms with Crippen molar-refractivity contribution in [2.75, 3.05) is 0 Å². The number of carbonyl (C=O) groups is 1.